The summed E-state index contributed by atoms with van der Waals surface area (Å²) in [6.45, 7) is 2.18. The van der Waals surface area contributed by atoms with Crippen molar-refractivity contribution in [2.75, 3.05) is 0 Å². The Labute approximate surface area is 147 Å². The number of aryl methyl sites for hydroxylation is 1. The fourth-order valence-corrected chi connectivity index (χ4v) is 3.51. The summed E-state index contributed by atoms with van der Waals surface area (Å²) in [5.41, 5.74) is 4.05. The van der Waals surface area contributed by atoms with Crippen molar-refractivity contribution in [3.05, 3.63) is 82.7 Å². The van der Waals surface area contributed by atoms with Crippen LogP contribution < -0.4 is 5.63 Å². The van der Waals surface area contributed by atoms with Gasteiger partial charge in [-0.25, -0.2) is 4.79 Å². The van der Waals surface area contributed by atoms with Gasteiger partial charge in [-0.15, -0.1) is 0 Å². The molecule has 0 spiro atoms. The minimum absolute atomic E-state index is 0.257. The summed E-state index contributed by atoms with van der Waals surface area (Å²) in [6.07, 6.45) is 3.06. The van der Waals surface area contributed by atoms with Crippen LogP contribution in [0.3, 0.4) is 0 Å². The van der Waals surface area contributed by atoms with Crippen LogP contribution in [0.1, 0.15) is 25.3 Å². The molecule has 0 N–H and O–H groups in total. The molecule has 25 heavy (non-hydrogen) atoms. The van der Waals surface area contributed by atoms with Gasteiger partial charge in [-0.3, -0.25) is 0 Å². The molecule has 2 nitrogen and oxygen atoms in total. The van der Waals surface area contributed by atoms with Crippen molar-refractivity contribution >= 4 is 10.8 Å². The monoisotopic (exact) mass is 328 g/mol. The zero-order valence-electron chi connectivity index (χ0n) is 14.3. The lowest BCUT2D eigenvalue weighted by atomic mass is 9.97. The summed E-state index contributed by atoms with van der Waals surface area (Å²) in [6, 6.07) is 22.1. The van der Waals surface area contributed by atoms with Crippen LogP contribution >= 0.6 is 0 Å². The number of benzene rings is 1. The highest BCUT2D eigenvalue weighted by Crippen LogP contribution is 2.38. The number of unbranched alkanes of at least 4 members (excludes halogenated alkanes) is 1. The molecule has 0 atom stereocenters. The maximum atomic E-state index is 12.7. The number of rotatable bonds is 4. The first-order chi connectivity index (χ1) is 12.3. The molecule has 0 saturated carbocycles. The third kappa shape index (κ3) is 2.74. The Bertz CT molecular complexity index is 1040. The first-order valence-electron chi connectivity index (χ1n) is 8.82. The van der Waals surface area contributed by atoms with Gasteiger partial charge in [0.2, 0.25) is 0 Å². The lowest BCUT2D eigenvalue weighted by Crippen LogP contribution is -2.03. The van der Waals surface area contributed by atoms with Crippen molar-refractivity contribution in [2.24, 2.45) is 0 Å². The maximum absolute atomic E-state index is 12.7. The van der Waals surface area contributed by atoms with Gasteiger partial charge >= 0.3 is 5.63 Å². The molecule has 2 aliphatic rings. The van der Waals surface area contributed by atoms with E-state index in [1.165, 1.54) is 0 Å². The van der Waals surface area contributed by atoms with Gasteiger partial charge in [0.25, 0.3) is 0 Å². The first-order valence-corrected chi connectivity index (χ1v) is 8.82. The van der Waals surface area contributed by atoms with E-state index < -0.39 is 0 Å². The van der Waals surface area contributed by atoms with E-state index >= 15 is 0 Å². The molecule has 0 saturated heterocycles. The van der Waals surface area contributed by atoms with E-state index in [2.05, 4.69) is 19.1 Å². The number of hydrogen-bond donors (Lipinski definition) is 0. The zero-order valence-corrected chi connectivity index (χ0v) is 14.3. The summed E-state index contributed by atoms with van der Waals surface area (Å²) >= 11 is 0. The van der Waals surface area contributed by atoms with Gasteiger partial charge in [0, 0.05) is 16.5 Å². The molecular weight excluding hydrogens is 308 g/mol. The summed E-state index contributed by atoms with van der Waals surface area (Å²) in [5, 5.41) is 1.74. The summed E-state index contributed by atoms with van der Waals surface area (Å²) in [5.74, 6) is 0.713. The van der Waals surface area contributed by atoms with Gasteiger partial charge < -0.3 is 4.42 Å². The molecule has 0 aliphatic heterocycles. The van der Waals surface area contributed by atoms with Crippen molar-refractivity contribution in [3.63, 3.8) is 0 Å². The molecule has 1 heterocycles. The van der Waals surface area contributed by atoms with Crippen molar-refractivity contribution in [1.82, 2.24) is 0 Å². The molecule has 4 rings (SSSR count). The predicted molar refractivity (Wildman–Crippen MR) is 103 cm³/mol. The van der Waals surface area contributed by atoms with Crippen LogP contribution in [0.5, 0.6) is 0 Å². The van der Waals surface area contributed by atoms with Gasteiger partial charge in [-0.1, -0.05) is 74.0 Å². The number of fused-ring (bicyclic) bond motifs is 3. The SMILES string of the molecule is CCCCc1c(-c2ccccc2)oc(=O)c2cc3cccccc-3c12. The predicted octanol–water partition coefficient (Wildman–Crippen LogP) is 5.91. The van der Waals surface area contributed by atoms with Crippen LogP contribution in [-0.2, 0) is 6.42 Å². The third-order valence-corrected chi connectivity index (χ3v) is 4.72. The fourth-order valence-electron chi connectivity index (χ4n) is 3.51. The normalized spacial score (nSPS) is 11.2. The smallest absolute Gasteiger partial charge is 0.344 e. The second kappa shape index (κ2) is 6.56. The second-order valence-electron chi connectivity index (χ2n) is 6.38. The molecular formula is C23H20O2. The number of hydrogen-bond acceptors (Lipinski definition) is 2. The van der Waals surface area contributed by atoms with Crippen LogP contribution in [0.25, 0.3) is 33.2 Å². The topological polar surface area (TPSA) is 30.2 Å². The molecule has 2 heteroatoms. The van der Waals surface area contributed by atoms with Crippen LogP contribution in [0.4, 0.5) is 0 Å². The van der Waals surface area contributed by atoms with E-state index in [0.717, 1.165) is 46.9 Å². The standard InChI is InChI=1S/C23H20O2/c1-2-3-13-19-21-18-14-9-5-8-12-17(18)15-20(21)23(24)25-22(19)16-10-6-4-7-11-16/h4-12,14-15H,2-3,13H2,1H3. The average Bonchev–Trinajstić information content (AvgIpc) is 2.85. The van der Waals surface area contributed by atoms with Gasteiger partial charge in [0.05, 0.1) is 5.39 Å². The largest absolute Gasteiger partial charge is 0.422 e. The van der Waals surface area contributed by atoms with E-state index in [1.54, 1.807) is 0 Å². The Balaban J connectivity index is 2.10. The van der Waals surface area contributed by atoms with E-state index in [0.29, 0.717) is 11.1 Å². The minimum atomic E-state index is -0.257. The van der Waals surface area contributed by atoms with Gasteiger partial charge in [-0.05, 0) is 30.0 Å². The van der Waals surface area contributed by atoms with Crippen molar-refractivity contribution < 1.29 is 4.42 Å². The van der Waals surface area contributed by atoms with Gasteiger partial charge in [0.15, 0.2) is 0 Å². The first kappa shape index (κ1) is 15.6. The Morgan fingerprint density at radius 3 is 2.28 bits per heavy atom. The molecule has 1 aromatic carbocycles. The lowest BCUT2D eigenvalue weighted by molar-refractivity contribution is 0.528. The van der Waals surface area contributed by atoms with E-state index in [-0.39, 0.29) is 5.63 Å². The van der Waals surface area contributed by atoms with Gasteiger partial charge in [-0.2, -0.15) is 0 Å². The molecule has 0 bridgehead atoms. The van der Waals surface area contributed by atoms with Crippen molar-refractivity contribution in [2.45, 2.75) is 26.2 Å². The summed E-state index contributed by atoms with van der Waals surface area (Å²) < 4.78 is 5.80. The van der Waals surface area contributed by atoms with E-state index in [4.69, 9.17) is 4.42 Å². The molecule has 0 amide bonds. The second-order valence-corrected chi connectivity index (χ2v) is 6.38. The molecule has 0 fully saturated rings. The highest BCUT2D eigenvalue weighted by atomic mass is 16.4. The molecule has 0 radical (unpaired) electrons. The highest BCUT2D eigenvalue weighted by Gasteiger charge is 2.20. The third-order valence-electron chi connectivity index (χ3n) is 4.72. The van der Waals surface area contributed by atoms with Crippen LogP contribution in [0.2, 0.25) is 0 Å². The van der Waals surface area contributed by atoms with E-state index in [1.807, 2.05) is 54.6 Å². The lowest BCUT2D eigenvalue weighted by Gasteiger charge is -2.11. The molecule has 124 valence electrons. The fraction of sp³-hybridized carbons (Fsp3) is 0.174. The molecule has 1 aromatic heterocycles. The Morgan fingerprint density at radius 2 is 1.56 bits per heavy atom. The van der Waals surface area contributed by atoms with Crippen LogP contribution in [-0.4, -0.2) is 0 Å². The zero-order chi connectivity index (χ0) is 17.2. The molecule has 2 aliphatic carbocycles. The van der Waals surface area contributed by atoms with Crippen LogP contribution in [0.15, 0.2) is 75.9 Å². The average molecular weight is 328 g/mol. The van der Waals surface area contributed by atoms with E-state index in [9.17, 15) is 4.79 Å². The highest BCUT2D eigenvalue weighted by molar-refractivity contribution is 6.05. The summed E-state index contributed by atoms with van der Waals surface area (Å²) in [4.78, 5) is 12.7. The Hall–Kier alpha value is -2.87. The quantitative estimate of drug-likeness (QED) is 0.466. The Morgan fingerprint density at radius 1 is 0.880 bits per heavy atom. The minimum Gasteiger partial charge on any atom is -0.422 e. The molecule has 0 unspecified atom stereocenters. The van der Waals surface area contributed by atoms with Crippen molar-refractivity contribution in [3.8, 4) is 22.5 Å². The maximum Gasteiger partial charge on any atom is 0.344 e. The Kier molecular flexibility index (Phi) is 4.10. The van der Waals surface area contributed by atoms with Crippen molar-refractivity contribution in [1.29, 1.82) is 0 Å². The van der Waals surface area contributed by atoms with Crippen LogP contribution in [0, 0.1) is 0 Å². The van der Waals surface area contributed by atoms with Gasteiger partial charge in [0.1, 0.15) is 5.76 Å². The summed E-state index contributed by atoms with van der Waals surface area (Å²) in [7, 11) is 0. The molecule has 2 aromatic rings.